The van der Waals surface area contributed by atoms with Crippen LogP contribution in [0.25, 0.3) is 0 Å². The van der Waals surface area contributed by atoms with Crippen molar-refractivity contribution in [2.24, 2.45) is 5.92 Å². The molecule has 1 aromatic rings. The highest BCUT2D eigenvalue weighted by molar-refractivity contribution is 5.77. The Morgan fingerprint density at radius 1 is 1.24 bits per heavy atom. The van der Waals surface area contributed by atoms with E-state index >= 15 is 0 Å². The maximum absolute atomic E-state index is 11.7. The number of amides is 1. The summed E-state index contributed by atoms with van der Waals surface area (Å²) in [5.74, 6) is 1.62. The second kappa shape index (κ2) is 11.1. The van der Waals surface area contributed by atoms with Gasteiger partial charge in [-0.25, -0.2) is 0 Å². The molecule has 0 spiro atoms. The first-order valence-electron chi connectivity index (χ1n) is 9.89. The Kier molecular flexibility index (Phi) is 8.81. The third-order valence-electron chi connectivity index (χ3n) is 4.96. The molecule has 0 bridgehead atoms. The second-order valence-electron chi connectivity index (χ2n) is 7.27. The van der Waals surface area contributed by atoms with E-state index in [0.717, 1.165) is 30.2 Å². The number of rotatable bonds is 10. The van der Waals surface area contributed by atoms with Crippen molar-refractivity contribution in [3.63, 3.8) is 0 Å². The van der Waals surface area contributed by atoms with E-state index in [9.17, 15) is 4.79 Å². The summed E-state index contributed by atoms with van der Waals surface area (Å²) in [5, 5.41) is 6.47. The summed E-state index contributed by atoms with van der Waals surface area (Å²) in [4.78, 5) is 11.7. The maximum Gasteiger partial charge on any atom is 0.257 e. The third kappa shape index (κ3) is 7.47. The first-order valence-corrected chi connectivity index (χ1v) is 9.89. The maximum atomic E-state index is 11.7. The van der Waals surface area contributed by atoms with Crippen molar-refractivity contribution in [1.29, 1.82) is 0 Å². The average molecular weight is 347 g/mol. The fourth-order valence-corrected chi connectivity index (χ4v) is 3.54. The van der Waals surface area contributed by atoms with Gasteiger partial charge in [-0.15, -0.1) is 0 Å². The molecule has 0 radical (unpaired) electrons. The van der Waals surface area contributed by atoms with Crippen LogP contribution < -0.4 is 15.4 Å². The lowest BCUT2D eigenvalue weighted by molar-refractivity contribution is -0.123. The quantitative estimate of drug-likeness (QED) is 0.672. The minimum atomic E-state index is -0.0599. The molecule has 4 heteroatoms. The summed E-state index contributed by atoms with van der Waals surface area (Å²) in [6, 6.07) is 8.49. The summed E-state index contributed by atoms with van der Waals surface area (Å²) < 4.78 is 5.73. The van der Waals surface area contributed by atoms with Crippen LogP contribution in [0.4, 0.5) is 0 Å². The molecule has 1 unspecified atom stereocenters. The van der Waals surface area contributed by atoms with Crippen LogP contribution in [0.3, 0.4) is 0 Å². The van der Waals surface area contributed by atoms with Gasteiger partial charge in [0.15, 0.2) is 6.61 Å². The molecule has 2 rings (SSSR count). The minimum absolute atomic E-state index is 0.0599. The van der Waals surface area contributed by atoms with Gasteiger partial charge in [0.25, 0.3) is 5.91 Å². The Balaban J connectivity index is 1.77. The van der Waals surface area contributed by atoms with Crippen molar-refractivity contribution in [2.45, 2.75) is 71.4 Å². The molecule has 1 aliphatic carbocycles. The molecule has 0 aliphatic heterocycles. The van der Waals surface area contributed by atoms with E-state index in [1.807, 2.05) is 25.1 Å². The van der Waals surface area contributed by atoms with Crippen LogP contribution in [0.2, 0.25) is 0 Å². The van der Waals surface area contributed by atoms with Crippen molar-refractivity contribution in [1.82, 2.24) is 10.6 Å². The lowest BCUT2D eigenvalue weighted by atomic mass is 9.85. The van der Waals surface area contributed by atoms with Gasteiger partial charge in [0.05, 0.1) is 0 Å². The summed E-state index contributed by atoms with van der Waals surface area (Å²) in [5.41, 5.74) is 1.11. The lowest BCUT2D eigenvalue weighted by Gasteiger charge is -2.25. The Hall–Kier alpha value is -1.55. The van der Waals surface area contributed by atoms with Crippen LogP contribution in [0.5, 0.6) is 5.75 Å². The van der Waals surface area contributed by atoms with Gasteiger partial charge in [-0.05, 0) is 31.7 Å². The molecule has 1 amide bonds. The van der Waals surface area contributed by atoms with Gasteiger partial charge < -0.3 is 15.4 Å². The SMILES string of the molecule is CCCNC(=O)COc1ccccc1CNC(C)CC1CCCCC1. The fraction of sp³-hybridized carbons (Fsp3) is 0.667. The van der Waals surface area contributed by atoms with Gasteiger partial charge in [-0.2, -0.15) is 0 Å². The topological polar surface area (TPSA) is 50.4 Å². The predicted octanol–water partition coefficient (Wildman–Crippen LogP) is 4.04. The van der Waals surface area contributed by atoms with Crippen LogP contribution >= 0.6 is 0 Å². The number of para-hydroxylation sites is 1. The summed E-state index contributed by atoms with van der Waals surface area (Å²) in [6.45, 7) is 5.87. The van der Waals surface area contributed by atoms with Gasteiger partial charge in [0.2, 0.25) is 0 Å². The van der Waals surface area contributed by atoms with Crippen LogP contribution in [0, 0.1) is 5.92 Å². The number of ether oxygens (including phenoxy) is 1. The number of carbonyl (C=O) groups excluding carboxylic acids is 1. The van der Waals surface area contributed by atoms with Gasteiger partial charge in [-0.1, -0.05) is 57.2 Å². The zero-order valence-electron chi connectivity index (χ0n) is 15.9. The smallest absolute Gasteiger partial charge is 0.257 e. The molecule has 1 fully saturated rings. The molecule has 0 heterocycles. The lowest BCUT2D eigenvalue weighted by Crippen LogP contribution is -2.30. The zero-order valence-corrected chi connectivity index (χ0v) is 15.9. The van der Waals surface area contributed by atoms with Crippen LogP contribution in [0.15, 0.2) is 24.3 Å². The van der Waals surface area contributed by atoms with E-state index in [0.29, 0.717) is 12.6 Å². The molecule has 1 aliphatic rings. The standard InChI is InChI=1S/C21H34N2O2/c1-3-13-22-21(24)16-25-20-12-8-7-11-19(20)15-23-17(2)14-18-9-5-4-6-10-18/h7-8,11-12,17-18,23H,3-6,9-10,13-16H2,1-2H3,(H,22,24). The van der Waals surface area contributed by atoms with Crippen molar-refractivity contribution < 1.29 is 9.53 Å². The number of carbonyl (C=O) groups is 1. The Bertz CT molecular complexity index is 512. The molecule has 4 nitrogen and oxygen atoms in total. The third-order valence-corrected chi connectivity index (χ3v) is 4.96. The van der Waals surface area contributed by atoms with E-state index in [4.69, 9.17) is 4.74 Å². The van der Waals surface area contributed by atoms with Gasteiger partial charge in [0.1, 0.15) is 5.75 Å². The summed E-state index contributed by atoms with van der Waals surface area (Å²) in [7, 11) is 0. The highest BCUT2D eigenvalue weighted by Gasteiger charge is 2.16. The van der Waals surface area contributed by atoms with E-state index in [1.165, 1.54) is 38.5 Å². The monoisotopic (exact) mass is 346 g/mol. The molecule has 0 saturated heterocycles. The van der Waals surface area contributed by atoms with Crippen molar-refractivity contribution in [3.8, 4) is 5.75 Å². The molecule has 2 N–H and O–H groups in total. The average Bonchev–Trinajstić information content (AvgIpc) is 2.64. The van der Waals surface area contributed by atoms with Crippen molar-refractivity contribution in [2.75, 3.05) is 13.2 Å². The Morgan fingerprint density at radius 2 is 2.00 bits per heavy atom. The molecule has 140 valence electrons. The normalized spacial score (nSPS) is 16.4. The predicted molar refractivity (Wildman–Crippen MR) is 103 cm³/mol. The molecule has 1 aromatic carbocycles. The molecular weight excluding hydrogens is 312 g/mol. The molecule has 0 aromatic heterocycles. The van der Waals surface area contributed by atoms with Crippen LogP contribution in [-0.4, -0.2) is 25.1 Å². The highest BCUT2D eigenvalue weighted by atomic mass is 16.5. The number of hydrogen-bond donors (Lipinski definition) is 2. The molecule has 1 atom stereocenters. The number of nitrogens with one attached hydrogen (secondary N) is 2. The zero-order chi connectivity index (χ0) is 17.9. The Labute approximate surface area is 152 Å². The summed E-state index contributed by atoms with van der Waals surface area (Å²) in [6.07, 6.45) is 9.17. The fourth-order valence-electron chi connectivity index (χ4n) is 3.54. The van der Waals surface area contributed by atoms with Gasteiger partial charge in [0, 0.05) is 24.7 Å². The van der Waals surface area contributed by atoms with Crippen molar-refractivity contribution >= 4 is 5.91 Å². The minimum Gasteiger partial charge on any atom is -0.483 e. The molecule has 25 heavy (non-hydrogen) atoms. The van der Waals surface area contributed by atoms with Crippen molar-refractivity contribution in [3.05, 3.63) is 29.8 Å². The largest absolute Gasteiger partial charge is 0.483 e. The summed E-state index contributed by atoms with van der Waals surface area (Å²) >= 11 is 0. The highest BCUT2D eigenvalue weighted by Crippen LogP contribution is 2.27. The first-order chi connectivity index (χ1) is 12.2. The van der Waals surface area contributed by atoms with E-state index in [-0.39, 0.29) is 12.5 Å². The number of benzene rings is 1. The molecule has 1 saturated carbocycles. The first kappa shape index (κ1) is 19.8. The van der Waals surface area contributed by atoms with Gasteiger partial charge in [-0.3, -0.25) is 4.79 Å². The van der Waals surface area contributed by atoms with E-state index < -0.39 is 0 Å². The second-order valence-corrected chi connectivity index (χ2v) is 7.27. The van der Waals surface area contributed by atoms with Crippen LogP contribution in [0.1, 0.15) is 64.4 Å². The molecular formula is C21H34N2O2. The Morgan fingerprint density at radius 3 is 2.76 bits per heavy atom. The number of hydrogen-bond acceptors (Lipinski definition) is 3. The van der Waals surface area contributed by atoms with E-state index in [2.05, 4.69) is 23.6 Å². The van der Waals surface area contributed by atoms with Gasteiger partial charge >= 0.3 is 0 Å². The van der Waals surface area contributed by atoms with Crippen LogP contribution in [-0.2, 0) is 11.3 Å². The van der Waals surface area contributed by atoms with E-state index in [1.54, 1.807) is 0 Å².